The van der Waals surface area contributed by atoms with Crippen molar-refractivity contribution in [2.45, 2.75) is 19.4 Å². The topological polar surface area (TPSA) is 93.9 Å². The maximum Gasteiger partial charge on any atom is 0.305 e. The zero-order valence-electron chi connectivity index (χ0n) is 12.4. The number of aliphatic carboxylic acids is 1. The van der Waals surface area contributed by atoms with Crippen LogP contribution in [0.25, 0.3) is 0 Å². The molecule has 0 bridgehead atoms. The molecule has 0 saturated heterocycles. The minimum absolute atomic E-state index is 0.0611. The van der Waals surface area contributed by atoms with E-state index in [1.54, 1.807) is 37.1 Å². The average molecular weight is 303 g/mol. The van der Waals surface area contributed by atoms with Crippen molar-refractivity contribution in [3.63, 3.8) is 0 Å². The van der Waals surface area contributed by atoms with Crippen LogP contribution in [0.5, 0.6) is 5.75 Å². The number of hydrogen-bond acceptors (Lipinski definition) is 5. The number of benzene rings is 1. The van der Waals surface area contributed by atoms with Crippen LogP contribution in [0.4, 0.5) is 11.4 Å². The summed E-state index contributed by atoms with van der Waals surface area (Å²) in [4.78, 5) is 25.8. The molecule has 1 amide bonds. The maximum absolute atomic E-state index is 11.9. The van der Waals surface area contributed by atoms with E-state index in [4.69, 9.17) is 15.1 Å². The predicted molar refractivity (Wildman–Crippen MR) is 80.0 cm³/mol. The molecule has 7 heteroatoms. The van der Waals surface area contributed by atoms with Crippen molar-refractivity contribution in [1.29, 1.82) is 5.26 Å². The molecule has 1 aromatic rings. The van der Waals surface area contributed by atoms with Crippen molar-refractivity contribution in [3.05, 3.63) is 18.2 Å². The van der Waals surface area contributed by atoms with Gasteiger partial charge in [0.2, 0.25) is 0 Å². The largest absolute Gasteiger partial charge is 0.481 e. The highest BCUT2D eigenvalue weighted by Crippen LogP contribution is 2.36. The number of carbonyl (C=O) groups excluding carboxylic acids is 1. The summed E-state index contributed by atoms with van der Waals surface area (Å²) in [6.07, 6.45) is -0.634. The molecule has 1 aliphatic heterocycles. The molecule has 0 aliphatic carbocycles. The van der Waals surface area contributed by atoms with Crippen LogP contribution in [-0.4, -0.2) is 43.2 Å². The second-order valence-corrected chi connectivity index (χ2v) is 5.03. The third kappa shape index (κ3) is 3.11. The lowest BCUT2D eigenvalue weighted by atomic mass is 10.1. The highest BCUT2D eigenvalue weighted by Gasteiger charge is 2.29. The number of likely N-dealkylation sites (N-methyl/N-ethyl adjacent to an activating group) is 1. The number of rotatable bonds is 5. The summed E-state index contributed by atoms with van der Waals surface area (Å²) in [5.74, 6) is -0.499. The first-order valence-corrected chi connectivity index (χ1v) is 6.86. The number of ether oxygens (including phenoxy) is 1. The number of carboxylic acid groups (broad SMARTS) is 1. The molecule has 1 N–H and O–H groups in total. The molecule has 1 aliphatic rings. The molecular formula is C15H17N3O4. The van der Waals surface area contributed by atoms with Crippen LogP contribution < -0.4 is 14.5 Å². The molecule has 2 rings (SSSR count). The molecule has 0 fully saturated rings. The quantitative estimate of drug-likeness (QED) is 0.822. The van der Waals surface area contributed by atoms with Crippen LogP contribution >= 0.6 is 0 Å². The number of nitriles is 1. The lowest BCUT2D eigenvalue weighted by Crippen LogP contribution is -2.42. The Morgan fingerprint density at radius 1 is 1.55 bits per heavy atom. The van der Waals surface area contributed by atoms with Gasteiger partial charge in [-0.2, -0.15) is 5.26 Å². The molecule has 0 radical (unpaired) electrons. The second-order valence-electron chi connectivity index (χ2n) is 5.03. The van der Waals surface area contributed by atoms with E-state index in [0.29, 0.717) is 17.1 Å². The molecule has 0 aromatic heterocycles. The zero-order valence-corrected chi connectivity index (χ0v) is 12.4. The van der Waals surface area contributed by atoms with Gasteiger partial charge in [-0.15, -0.1) is 0 Å². The Balaban J connectivity index is 2.29. The Morgan fingerprint density at radius 2 is 2.27 bits per heavy atom. The van der Waals surface area contributed by atoms with Gasteiger partial charge in [0.1, 0.15) is 12.3 Å². The molecule has 1 aromatic carbocycles. The Hall–Kier alpha value is -2.75. The van der Waals surface area contributed by atoms with Crippen molar-refractivity contribution in [3.8, 4) is 11.8 Å². The van der Waals surface area contributed by atoms with Crippen molar-refractivity contribution in [1.82, 2.24) is 0 Å². The lowest BCUT2D eigenvalue weighted by Gasteiger charge is -2.31. The normalized spacial score (nSPS) is 16.5. The van der Waals surface area contributed by atoms with Gasteiger partial charge in [-0.25, -0.2) is 0 Å². The van der Waals surface area contributed by atoms with Crippen LogP contribution in [0.1, 0.15) is 13.3 Å². The Labute approximate surface area is 128 Å². The summed E-state index contributed by atoms with van der Waals surface area (Å²) in [5, 5.41) is 17.7. The molecular weight excluding hydrogens is 286 g/mol. The summed E-state index contributed by atoms with van der Waals surface area (Å²) in [5.41, 5.74) is 1.35. The number of carbonyl (C=O) groups is 2. The molecule has 7 nitrogen and oxygen atoms in total. The number of carboxylic acids is 1. The number of amides is 1. The van der Waals surface area contributed by atoms with Gasteiger partial charge in [-0.1, -0.05) is 0 Å². The van der Waals surface area contributed by atoms with E-state index >= 15 is 0 Å². The predicted octanol–water partition coefficient (Wildman–Crippen LogP) is 1.23. The summed E-state index contributed by atoms with van der Waals surface area (Å²) < 4.78 is 5.59. The third-order valence-electron chi connectivity index (χ3n) is 3.51. The highest BCUT2D eigenvalue weighted by atomic mass is 16.5. The SMILES string of the molecule is CC1Oc2cc(N(CC#N)CCC(=O)O)ccc2N(C)C1=O. The first-order chi connectivity index (χ1) is 10.4. The van der Waals surface area contributed by atoms with Gasteiger partial charge in [0.25, 0.3) is 5.91 Å². The van der Waals surface area contributed by atoms with Crippen LogP contribution in [0.3, 0.4) is 0 Å². The van der Waals surface area contributed by atoms with Gasteiger partial charge in [0.15, 0.2) is 6.10 Å². The molecule has 116 valence electrons. The van der Waals surface area contributed by atoms with Gasteiger partial charge >= 0.3 is 5.97 Å². The van der Waals surface area contributed by atoms with Crippen molar-refractivity contribution >= 4 is 23.3 Å². The van der Waals surface area contributed by atoms with E-state index in [2.05, 4.69) is 0 Å². The molecule has 1 heterocycles. The highest BCUT2D eigenvalue weighted by molar-refractivity contribution is 5.99. The van der Waals surface area contributed by atoms with E-state index in [1.165, 1.54) is 4.90 Å². The van der Waals surface area contributed by atoms with E-state index < -0.39 is 12.1 Å². The molecule has 22 heavy (non-hydrogen) atoms. The number of hydrogen-bond donors (Lipinski definition) is 1. The summed E-state index contributed by atoms with van der Waals surface area (Å²) in [6.45, 7) is 1.98. The first kappa shape index (κ1) is 15.6. The van der Waals surface area contributed by atoms with Crippen LogP contribution in [-0.2, 0) is 9.59 Å². The fourth-order valence-electron chi connectivity index (χ4n) is 2.32. The van der Waals surface area contributed by atoms with E-state index in [0.717, 1.165) is 0 Å². The third-order valence-corrected chi connectivity index (χ3v) is 3.51. The van der Waals surface area contributed by atoms with Crippen LogP contribution in [0.2, 0.25) is 0 Å². The minimum atomic E-state index is -0.920. The zero-order chi connectivity index (χ0) is 16.3. The lowest BCUT2D eigenvalue weighted by molar-refractivity contribution is -0.136. The summed E-state index contributed by atoms with van der Waals surface area (Å²) >= 11 is 0. The second kappa shape index (κ2) is 6.35. The monoisotopic (exact) mass is 303 g/mol. The Morgan fingerprint density at radius 3 is 2.91 bits per heavy atom. The number of nitrogens with zero attached hydrogens (tertiary/aromatic N) is 3. The van der Waals surface area contributed by atoms with Crippen molar-refractivity contribution in [2.24, 2.45) is 0 Å². The maximum atomic E-state index is 11.9. The van der Waals surface area contributed by atoms with Crippen LogP contribution in [0.15, 0.2) is 18.2 Å². The molecule has 0 saturated carbocycles. The fraction of sp³-hybridized carbons (Fsp3) is 0.400. The fourth-order valence-corrected chi connectivity index (χ4v) is 2.32. The van der Waals surface area contributed by atoms with Crippen molar-refractivity contribution < 1.29 is 19.4 Å². The van der Waals surface area contributed by atoms with Crippen LogP contribution in [0, 0.1) is 11.3 Å². The standard InChI is InChI=1S/C15H17N3O4/c1-10-15(21)17(2)12-4-3-11(9-13(12)22-10)18(8-6-16)7-5-14(19)20/h3-4,9-10H,5,7-8H2,1-2H3,(H,19,20). The van der Waals surface area contributed by atoms with Gasteiger partial charge in [0, 0.05) is 25.3 Å². The molecule has 0 spiro atoms. The van der Waals surface area contributed by atoms with Gasteiger partial charge in [-0.3, -0.25) is 9.59 Å². The average Bonchev–Trinajstić information content (AvgIpc) is 2.48. The van der Waals surface area contributed by atoms with Gasteiger partial charge in [0.05, 0.1) is 18.2 Å². The van der Waals surface area contributed by atoms with E-state index in [1.807, 2.05) is 6.07 Å². The Kier molecular flexibility index (Phi) is 4.51. The van der Waals surface area contributed by atoms with Crippen molar-refractivity contribution in [2.75, 3.05) is 29.9 Å². The van der Waals surface area contributed by atoms with E-state index in [9.17, 15) is 9.59 Å². The van der Waals surface area contributed by atoms with Gasteiger partial charge < -0.3 is 19.6 Å². The molecule has 1 unspecified atom stereocenters. The Bertz CT molecular complexity index is 638. The smallest absolute Gasteiger partial charge is 0.305 e. The number of anilines is 2. The first-order valence-electron chi connectivity index (χ1n) is 6.86. The van der Waals surface area contributed by atoms with Gasteiger partial charge in [-0.05, 0) is 19.1 Å². The number of fused-ring (bicyclic) bond motifs is 1. The van der Waals surface area contributed by atoms with E-state index in [-0.39, 0.29) is 25.4 Å². The summed E-state index contributed by atoms with van der Waals surface area (Å²) in [7, 11) is 1.68. The molecule has 1 atom stereocenters. The minimum Gasteiger partial charge on any atom is -0.481 e. The summed E-state index contributed by atoms with van der Waals surface area (Å²) in [6, 6.07) is 7.24.